The molecule has 0 spiro atoms. The Labute approximate surface area is 123 Å². The molecule has 0 aliphatic heterocycles. The number of hydrogen-bond donors (Lipinski definition) is 2. The number of nitrogens with one attached hydrogen (secondary N) is 1. The van der Waals surface area contributed by atoms with Crippen LogP contribution < -0.4 is 11.1 Å². The van der Waals surface area contributed by atoms with Gasteiger partial charge in [-0.15, -0.1) is 0 Å². The van der Waals surface area contributed by atoms with Crippen LogP contribution in [0.3, 0.4) is 0 Å². The Morgan fingerprint density at radius 1 is 1.14 bits per heavy atom. The molecule has 0 saturated carbocycles. The number of hydrogen-bond acceptors (Lipinski definition) is 2. The Balaban J connectivity index is 1.76. The number of halogens is 1. The lowest BCUT2D eigenvalue weighted by Crippen LogP contribution is -2.28. The zero-order valence-electron chi connectivity index (χ0n) is 11.6. The predicted molar refractivity (Wildman–Crippen MR) is 81.4 cm³/mol. The van der Waals surface area contributed by atoms with Crippen LogP contribution in [-0.4, -0.2) is 5.91 Å². The summed E-state index contributed by atoms with van der Waals surface area (Å²) in [4.78, 5) is 12.3. The van der Waals surface area contributed by atoms with E-state index in [1.54, 1.807) is 6.07 Å². The maximum atomic E-state index is 13.7. The van der Waals surface area contributed by atoms with Gasteiger partial charge in [-0.2, -0.15) is 0 Å². The van der Waals surface area contributed by atoms with Crippen LogP contribution in [0.25, 0.3) is 0 Å². The topological polar surface area (TPSA) is 55.1 Å². The summed E-state index contributed by atoms with van der Waals surface area (Å²) in [6.45, 7) is 0. The SMILES string of the molecule is Nc1cccc(F)c1NC(=O)C1CCc2ccccc2C1. The van der Waals surface area contributed by atoms with Crippen LogP contribution in [-0.2, 0) is 17.6 Å². The van der Waals surface area contributed by atoms with E-state index < -0.39 is 5.82 Å². The van der Waals surface area contributed by atoms with Gasteiger partial charge in [-0.3, -0.25) is 4.79 Å². The van der Waals surface area contributed by atoms with Gasteiger partial charge >= 0.3 is 0 Å². The minimum Gasteiger partial charge on any atom is -0.397 e. The average molecular weight is 284 g/mol. The maximum Gasteiger partial charge on any atom is 0.227 e. The first kappa shape index (κ1) is 13.6. The number of fused-ring (bicyclic) bond motifs is 1. The van der Waals surface area contributed by atoms with Crippen LogP contribution >= 0.6 is 0 Å². The summed E-state index contributed by atoms with van der Waals surface area (Å²) in [5, 5.41) is 2.64. The van der Waals surface area contributed by atoms with Crippen molar-refractivity contribution >= 4 is 17.3 Å². The number of benzene rings is 2. The van der Waals surface area contributed by atoms with Gasteiger partial charge in [0.2, 0.25) is 5.91 Å². The predicted octanol–water partition coefficient (Wildman–Crippen LogP) is 3.15. The molecular weight excluding hydrogens is 267 g/mol. The molecule has 1 aliphatic rings. The summed E-state index contributed by atoms with van der Waals surface area (Å²) in [7, 11) is 0. The Hall–Kier alpha value is -2.36. The van der Waals surface area contributed by atoms with Crippen molar-refractivity contribution in [2.45, 2.75) is 19.3 Å². The minimum atomic E-state index is -0.500. The molecule has 1 amide bonds. The molecule has 0 heterocycles. The molecule has 0 saturated heterocycles. The summed E-state index contributed by atoms with van der Waals surface area (Å²) in [6.07, 6.45) is 2.34. The van der Waals surface area contributed by atoms with Crippen LogP contribution in [0.5, 0.6) is 0 Å². The number of nitrogens with two attached hydrogens (primary N) is 1. The molecule has 3 nitrogen and oxygen atoms in total. The van der Waals surface area contributed by atoms with E-state index in [9.17, 15) is 9.18 Å². The van der Waals surface area contributed by atoms with Gasteiger partial charge < -0.3 is 11.1 Å². The fourth-order valence-electron chi connectivity index (χ4n) is 2.82. The van der Waals surface area contributed by atoms with Crippen molar-refractivity contribution in [3.63, 3.8) is 0 Å². The van der Waals surface area contributed by atoms with E-state index >= 15 is 0 Å². The highest BCUT2D eigenvalue weighted by Gasteiger charge is 2.25. The summed E-state index contributed by atoms with van der Waals surface area (Å²) < 4.78 is 13.7. The smallest absolute Gasteiger partial charge is 0.227 e. The summed E-state index contributed by atoms with van der Waals surface area (Å²) in [6, 6.07) is 12.5. The van der Waals surface area contributed by atoms with E-state index in [2.05, 4.69) is 11.4 Å². The van der Waals surface area contributed by atoms with Crippen molar-refractivity contribution in [2.24, 2.45) is 5.92 Å². The molecule has 0 radical (unpaired) electrons. The normalized spacial score (nSPS) is 17.1. The first-order valence-electron chi connectivity index (χ1n) is 7.07. The summed E-state index contributed by atoms with van der Waals surface area (Å²) in [5.41, 5.74) is 8.55. The van der Waals surface area contributed by atoms with Crippen molar-refractivity contribution in [1.82, 2.24) is 0 Å². The second kappa shape index (κ2) is 5.56. The number of amides is 1. The van der Waals surface area contributed by atoms with Crippen molar-refractivity contribution < 1.29 is 9.18 Å². The Kier molecular flexibility index (Phi) is 3.60. The Bertz CT molecular complexity index is 664. The number of anilines is 2. The summed E-state index contributed by atoms with van der Waals surface area (Å²) in [5.74, 6) is -0.806. The second-order valence-corrected chi connectivity index (χ2v) is 5.40. The van der Waals surface area contributed by atoms with Gasteiger partial charge in [0, 0.05) is 5.92 Å². The molecule has 0 fully saturated rings. The fourth-order valence-corrected chi connectivity index (χ4v) is 2.82. The van der Waals surface area contributed by atoms with E-state index in [4.69, 9.17) is 5.73 Å². The third-order valence-corrected chi connectivity index (χ3v) is 4.01. The van der Waals surface area contributed by atoms with Gasteiger partial charge in [-0.1, -0.05) is 30.3 Å². The van der Waals surface area contributed by atoms with Gasteiger partial charge in [0.25, 0.3) is 0 Å². The molecule has 2 aromatic carbocycles. The van der Waals surface area contributed by atoms with Crippen LogP contribution in [0.15, 0.2) is 42.5 Å². The molecule has 3 rings (SSSR count). The van der Waals surface area contributed by atoms with Gasteiger partial charge in [0.1, 0.15) is 11.5 Å². The zero-order chi connectivity index (χ0) is 14.8. The minimum absolute atomic E-state index is 0.0846. The summed E-state index contributed by atoms with van der Waals surface area (Å²) >= 11 is 0. The van der Waals surface area contributed by atoms with Crippen molar-refractivity contribution in [2.75, 3.05) is 11.1 Å². The zero-order valence-corrected chi connectivity index (χ0v) is 11.6. The molecule has 3 N–H and O–H groups in total. The molecule has 108 valence electrons. The van der Waals surface area contributed by atoms with Gasteiger partial charge in [0.15, 0.2) is 0 Å². The van der Waals surface area contributed by atoms with Crippen molar-refractivity contribution in [3.05, 3.63) is 59.4 Å². The lowest BCUT2D eigenvalue weighted by molar-refractivity contribution is -0.120. The van der Waals surface area contributed by atoms with Crippen molar-refractivity contribution in [3.8, 4) is 0 Å². The molecule has 1 atom stereocenters. The standard InChI is InChI=1S/C17H17FN2O/c18-14-6-3-7-15(19)16(14)20-17(21)13-9-8-11-4-1-2-5-12(11)10-13/h1-7,13H,8-10,19H2,(H,20,21). The molecule has 21 heavy (non-hydrogen) atoms. The molecule has 0 bridgehead atoms. The van der Waals surface area contributed by atoms with E-state index in [0.717, 1.165) is 12.8 Å². The van der Waals surface area contributed by atoms with Crippen molar-refractivity contribution in [1.29, 1.82) is 0 Å². The Morgan fingerprint density at radius 3 is 2.67 bits per heavy atom. The third kappa shape index (κ3) is 2.75. The van der Waals surface area contributed by atoms with Gasteiger partial charge in [0.05, 0.1) is 5.69 Å². The number of para-hydroxylation sites is 1. The lowest BCUT2D eigenvalue weighted by Gasteiger charge is -2.24. The number of carbonyl (C=O) groups excluding carboxylic acids is 1. The monoisotopic (exact) mass is 284 g/mol. The first-order chi connectivity index (χ1) is 10.1. The van der Waals surface area contributed by atoms with E-state index in [-0.39, 0.29) is 23.2 Å². The third-order valence-electron chi connectivity index (χ3n) is 4.01. The van der Waals surface area contributed by atoms with Crippen LogP contribution in [0, 0.1) is 11.7 Å². The largest absolute Gasteiger partial charge is 0.397 e. The number of carbonyl (C=O) groups is 1. The average Bonchev–Trinajstić information content (AvgIpc) is 2.50. The lowest BCUT2D eigenvalue weighted by atomic mass is 9.83. The number of nitrogen functional groups attached to an aromatic ring is 1. The molecule has 2 aromatic rings. The Morgan fingerprint density at radius 2 is 1.90 bits per heavy atom. The molecule has 4 heteroatoms. The van der Waals surface area contributed by atoms with E-state index in [0.29, 0.717) is 6.42 Å². The second-order valence-electron chi connectivity index (χ2n) is 5.40. The highest BCUT2D eigenvalue weighted by molar-refractivity contribution is 5.95. The highest BCUT2D eigenvalue weighted by Crippen LogP contribution is 2.28. The molecular formula is C17H17FN2O. The van der Waals surface area contributed by atoms with Gasteiger partial charge in [-0.05, 0) is 42.5 Å². The van der Waals surface area contributed by atoms with Crippen LogP contribution in [0.4, 0.5) is 15.8 Å². The quantitative estimate of drug-likeness (QED) is 0.832. The number of aryl methyl sites for hydroxylation is 1. The number of rotatable bonds is 2. The van der Waals surface area contributed by atoms with E-state index in [1.165, 1.54) is 23.3 Å². The van der Waals surface area contributed by atoms with E-state index in [1.807, 2.05) is 18.2 Å². The van der Waals surface area contributed by atoms with Crippen LogP contribution in [0.1, 0.15) is 17.5 Å². The molecule has 0 aromatic heterocycles. The maximum absolute atomic E-state index is 13.7. The first-order valence-corrected chi connectivity index (χ1v) is 7.07. The molecule has 1 aliphatic carbocycles. The van der Waals surface area contributed by atoms with Crippen LogP contribution in [0.2, 0.25) is 0 Å². The van der Waals surface area contributed by atoms with Gasteiger partial charge in [-0.25, -0.2) is 4.39 Å². The highest BCUT2D eigenvalue weighted by atomic mass is 19.1. The fraction of sp³-hybridized carbons (Fsp3) is 0.235. The molecule has 1 unspecified atom stereocenters.